The lowest BCUT2D eigenvalue weighted by molar-refractivity contribution is 0.102. The van der Waals surface area contributed by atoms with Crippen LogP contribution in [0.5, 0.6) is 0 Å². The van der Waals surface area contributed by atoms with E-state index in [9.17, 15) is 4.79 Å². The Kier molecular flexibility index (Phi) is 3.02. The van der Waals surface area contributed by atoms with Crippen molar-refractivity contribution in [3.8, 4) is 6.07 Å². The van der Waals surface area contributed by atoms with Crippen molar-refractivity contribution < 1.29 is 4.79 Å². The highest BCUT2D eigenvalue weighted by Gasteiger charge is 2.26. The first kappa shape index (κ1) is 11.9. The Hall–Kier alpha value is -2.19. The van der Waals surface area contributed by atoms with E-state index in [1.165, 1.54) is 24.2 Å². The second kappa shape index (κ2) is 4.82. The van der Waals surface area contributed by atoms with Crippen LogP contribution in [0.2, 0.25) is 0 Å². The molecule has 1 aromatic heterocycles. The first-order valence-electron chi connectivity index (χ1n) is 6.03. The summed E-state index contributed by atoms with van der Waals surface area (Å²) < 4.78 is 0. The minimum atomic E-state index is -0.228. The van der Waals surface area contributed by atoms with Crippen molar-refractivity contribution in [3.63, 3.8) is 0 Å². The quantitative estimate of drug-likeness (QED) is 0.930. The molecule has 1 aliphatic carbocycles. The molecule has 0 bridgehead atoms. The number of amides is 1. The summed E-state index contributed by atoms with van der Waals surface area (Å²) in [6, 6.07) is 8.65. The van der Waals surface area contributed by atoms with Gasteiger partial charge in [-0.05, 0) is 31.0 Å². The molecule has 3 rings (SSSR count). The minimum absolute atomic E-state index is 0.228. The molecule has 0 spiro atoms. The number of rotatable bonds is 3. The van der Waals surface area contributed by atoms with Crippen molar-refractivity contribution in [2.24, 2.45) is 0 Å². The van der Waals surface area contributed by atoms with E-state index in [4.69, 9.17) is 5.26 Å². The topological polar surface area (TPSA) is 65.8 Å². The average molecular weight is 269 g/mol. The number of nitriles is 1. The molecule has 0 aliphatic heterocycles. The Morgan fingerprint density at radius 3 is 3.05 bits per heavy atom. The van der Waals surface area contributed by atoms with Crippen molar-refractivity contribution in [1.82, 2.24) is 4.98 Å². The lowest BCUT2D eigenvalue weighted by Crippen LogP contribution is -2.11. The molecular weight excluding hydrogens is 258 g/mol. The van der Waals surface area contributed by atoms with E-state index in [1.807, 2.05) is 11.4 Å². The molecule has 1 aromatic carbocycles. The SMILES string of the molecule is N#Cc1cccc(C(=O)Nc2nc(C3CC3)cs2)c1. The fraction of sp³-hybridized carbons (Fsp3) is 0.214. The summed E-state index contributed by atoms with van der Waals surface area (Å²) in [5.41, 5.74) is 2.03. The van der Waals surface area contributed by atoms with Crippen LogP contribution in [-0.4, -0.2) is 10.9 Å². The van der Waals surface area contributed by atoms with Crippen molar-refractivity contribution in [2.75, 3.05) is 5.32 Å². The van der Waals surface area contributed by atoms with Crippen LogP contribution in [0.25, 0.3) is 0 Å². The molecule has 1 fully saturated rings. The molecule has 0 saturated heterocycles. The number of carbonyl (C=O) groups is 1. The van der Waals surface area contributed by atoms with Crippen molar-refractivity contribution in [1.29, 1.82) is 5.26 Å². The van der Waals surface area contributed by atoms with Gasteiger partial charge in [-0.15, -0.1) is 11.3 Å². The third kappa shape index (κ3) is 2.64. The van der Waals surface area contributed by atoms with Crippen LogP contribution in [0, 0.1) is 11.3 Å². The third-order valence-electron chi connectivity index (χ3n) is 2.99. The maximum Gasteiger partial charge on any atom is 0.257 e. The summed E-state index contributed by atoms with van der Waals surface area (Å²) in [6.45, 7) is 0. The molecule has 5 heteroatoms. The molecule has 1 amide bonds. The van der Waals surface area contributed by atoms with Gasteiger partial charge in [0.25, 0.3) is 5.91 Å². The molecule has 1 saturated carbocycles. The summed E-state index contributed by atoms with van der Waals surface area (Å²) in [4.78, 5) is 16.4. The number of aromatic nitrogens is 1. The van der Waals surface area contributed by atoms with Gasteiger partial charge in [0.05, 0.1) is 17.3 Å². The van der Waals surface area contributed by atoms with Crippen LogP contribution >= 0.6 is 11.3 Å². The van der Waals surface area contributed by atoms with Crippen LogP contribution in [0.1, 0.15) is 40.4 Å². The fourth-order valence-corrected chi connectivity index (χ4v) is 2.60. The number of hydrogen-bond acceptors (Lipinski definition) is 4. The number of thiazole rings is 1. The number of carbonyl (C=O) groups excluding carboxylic acids is 1. The highest BCUT2D eigenvalue weighted by Crippen LogP contribution is 2.40. The van der Waals surface area contributed by atoms with E-state index >= 15 is 0 Å². The molecule has 1 heterocycles. The second-order valence-corrected chi connectivity index (χ2v) is 5.36. The highest BCUT2D eigenvalue weighted by atomic mass is 32.1. The Morgan fingerprint density at radius 2 is 2.32 bits per heavy atom. The van der Waals surface area contributed by atoms with Crippen LogP contribution in [0.4, 0.5) is 5.13 Å². The second-order valence-electron chi connectivity index (χ2n) is 4.50. The fourth-order valence-electron chi connectivity index (χ4n) is 1.81. The van der Waals surface area contributed by atoms with E-state index in [0.717, 1.165) is 5.69 Å². The standard InChI is InChI=1S/C14H11N3OS/c15-7-9-2-1-3-11(6-9)13(18)17-14-16-12(8-19-14)10-4-5-10/h1-3,6,8,10H,4-5H2,(H,16,17,18). The molecule has 94 valence electrons. The normalized spacial score (nSPS) is 13.8. The first-order chi connectivity index (χ1) is 9.26. The zero-order valence-corrected chi connectivity index (χ0v) is 10.9. The van der Waals surface area contributed by atoms with E-state index in [1.54, 1.807) is 24.3 Å². The first-order valence-corrected chi connectivity index (χ1v) is 6.91. The van der Waals surface area contributed by atoms with Gasteiger partial charge in [0.1, 0.15) is 0 Å². The van der Waals surface area contributed by atoms with E-state index < -0.39 is 0 Å². The zero-order valence-electron chi connectivity index (χ0n) is 10.1. The van der Waals surface area contributed by atoms with Crippen LogP contribution in [0.3, 0.4) is 0 Å². The Bertz CT molecular complexity index is 667. The molecule has 19 heavy (non-hydrogen) atoms. The summed E-state index contributed by atoms with van der Waals surface area (Å²) in [7, 11) is 0. The number of benzene rings is 1. The largest absolute Gasteiger partial charge is 0.298 e. The Morgan fingerprint density at radius 1 is 1.47 bits per heavy atom. The smallest absolute Gasteiger partial charge is 0.257 e. The molecule has 1 aliphatic rings. The molecule has 4 nitrogen and oxygen atoms in total. The van der Waals surface area contributed by atoms with Crippen molar-refractivity contribution >= 4 is 22.4 Å². The molecule has 0 radical (unpaired) electrons. The third-order valence-corrected chi connectivity index (χ3v) is 3.77. The highest BCUT2D eigenvalue weighted by molar-refractivity contribution is 7.14. The van der Waals surface area contributed by atoms with Crippen LogP contribution in [0.15, 0.2) is 29.6 Å². The summed E-state index contributed by atoms with van der Waals surface area (Å²) in [5.74, 6) is 0.359. The zero-order chi connectivity index (χ0) is 13.2. The van der Waals surface area contributed by atoms with Crippen molar-refractivity contribution in [2.45, 2.75) is 18.8 Å². The van der Waals surface area contributed by atoms with E-state index in [0.29, 0.717) is 22.2 Å². The van der Waals surface area contributed by atoms with Gasteiger partial charge in [0.2, 0.25) is 0 Å². The Balaban J connectivity index is 1.74. The van der Waals surface area contributed by atoms with Crippen molar-refractivity contribution in [3.05, 3.63) is 46.5 Å². The van der Waals surface area contributed by atoms with Crippen LogP contribution in [-0.2, 0) is 0 Å². The monoisotopic (exact) mass is 269 g/mol. The van der Waals surface area contributed by atoms with Gasteiger partial charge in [-0.1, -0.05) is 6.07 Å². The average Bonchev–Trinajstić information content (AvgIpc) is 3.19. The van der Waals surface area contributed by atoms with Gasteiger partial charge in [-0.2, -0.15) is 5.26 Å². The minimum Gasteiger partial charge on any atom is -0.298 e. The molecule has 2 aromatic rings. The summed E-state index contributed by atoms with van der Waals surface area (Å²) >= 11 is 1.44. The van der Waals surface area contributed by atoms with E-state index in [2.05, 4.69) is 10.3 Å². The van der Waals surface area contributed by atoms with Gasteiger partial charge in [0, 0.05) is 16.9 Å². The summed E-state index contributed by atoms with van der Waals surface area (Å²) in [5, 5.41) is 14.2. The lowest BCUT2D eigenvalue weighted by atomic mass is 10.1. The summed E-state index contributed by atoms with van der Waals surface area (Å²) in [6.07, 6.45) is 2.39. The van der Waals surface area contributed by atoms with Gasteiger partial charge in [-0.3, -0.25) is 10.1 Å². The number of hydrogen-bond donors (Lipinski definition) is 1. The molecule has 1 N–H and O–H groups in total. The predicted molar refractivity (Wildman–Crippen MR) is 73.2 cm³/mol. The number of nitrogens with one attached hydrogen (secondary N) is 1. The lowest BCUT2D eigenvalue weighted by Gasteiger charge is -2.01. The van der Waals surface area contributed by atoms with E-state index in [-0.39, 0.29) is 5.91 Å². The van der Waals surface area contributed by atoms with Gasteiger partial charge < -0.3 is 0 Å². The number of nitrogens with zero attached hydrogens (tertiary/aromatic N) is 2. The van der Waals surface area contributed by atoms with Gasteiger partial charge in [-0.25, -0.2) is 4.98 Å². The predicted octanol–water partition coefficient (Wildman–Crippen LogP) is 3.14. The molecular formula is C14H11N3OS. The maximum absolute atomic E-state index is 12.0. The van der Waals surface area contributed by atoms with Gasteiger partial charge >= 0.3 is 0 Å². The van der Waals surface area contributed by atoms with Crippen LogP contribution < -0.4 is 5.32 Å². The number of anilines is 1. The van der Waals surface area contributed by atoms with Gasteiger partial charge in [0.15, 0.2) is 5.13 Å². The maximum atomic E-state index is 12.0. The molecule has 0 unspecified atom stereocenters. The molecule has 0 atom stereocenters. The Labute approximate surface area is 114 Å².